The predicted molar refractivity (Wildman–Crippen MR) is 68.9 cm³/mol. The Hall–Kier alpha value is -0.350. The molecule has 0 aliphatic heterocycles. The molecule has 1 nitrogen and oxygen atoms in total. The third kappa shape index (κ3) is 2.82. The highest BCUT2D eigenvalue weighted by Gasteiger charge is 2.11. The van der Waals surface area contributed by atoms with E-state index in [1.54, 1.807) is 22.7 Å². The fourth-order valence-corrected chi connectivity index (χ4v) is 3.41. The van der Waals surface area contributed by atoms with E-state index in [0.717, 1.165) is 22.7 Å². The number of hydrogen-bond donors (Lipinski definition) is 1. The number of nitrogens with two attached hydrogens (primary N) is 1. The molecule has 0 fully saturated rings. The molecule has 2 rings (SSSR count). The Morgan fingerprint density at radius 1 is 1.27 bits per heavy atom. The smallest absolute Gasteiger partial charge is 0.0561 e. The van der Waals surface area contributed by atoms with Crippen molar-refractivity contribution in [3.8, 4) is 0 Å². The summed E-state index contributed by atoms with van der Waals surface area (Å²) in [6, 6.07) is 6.20. The second kappa shape index (κ2) is 5.12. The van der Waals surface area contributed by atoms with Crippen LogP contribution in [0.4, 0.5) is 0 Å². The van der Waals surface area contributed by atoms with Crippen LogP contribution in [0.1, 0.15) is 22.2 Å². The minimum Gasteiger partial charge on any atom is -0.323 e. The van der Waals surface area contributed by atoms with Crippen molar-refractivity contribution in [1.82, 2.24) is 0 Å². The van der Waals surface area contributed by atoms with E-state index in [1.165, 1.54) is 4.88 Å². The monoisotopic (exact) mass is 257 g/mol. The van der Waals surface area contributed by atoms with Gasteiger partial charge in [0.1, 0.15) is 0 Å². The number of aryl methyl sites for hydroxylation is 1. The van der Waals surface area contributed by atoms with Gasteiger partial charge in [0, 0.05) is 15.8 Å². The third-order valence-corrected chi connectivity index (χ3v) is 4.69. The molecule has 0 aromatic carbocycles. The van der Waals surface area contributed by atoms with E-state index in [-0.39, 0.29) is 6.04 Å². The Labute approximate surface area is 103 Å². The SMILES string of the molecule is NC(CCc1cccs1)c1sccc1Cl. The normalized spacial score (nSPS) is 12.9. The van der Waals surface area contributed by atoms with Crippen LogP contribution in [0.2, 0.25) is 5.02 Å². The summed E-state index contributed by atoms with van der Waals surface area (Å²) in [4.78, 5) is 2.49. The van der Waals surface area contributed by atoms with E-state index in [4.69, 9.17) is 17.3 Å². The van der Waals surface area contributed by atoms with Gasteiger partial charge in [-0.25, -0.2) is 0 Å². The van der Waals surface area contributed by atoms with Crippen molar-refractivity contribution >= 4 is 34.3 Å². The fourth-order valence-electron chi connectivity index (χ4n) is 1.45. The lowest BCUT2D eigenvalue weighted by Gasteiger charge is -2.09. The second-order valence-electron chi connectivity index (χ2n) is 3.36. The lowest BCUT2D eigenvalue weighted by Crippen LogP contribution is -2.09. The zero-order chi connectivity index (χ0) is 10.7. The van der Waals surface area contributed by atoms with E-state index in [9.17, 15) is 0 Å². The molecule has 0 amide bonds. The third-order valence-electron chi connectivity index (χ3n) is 2.26. The highest BCUT2D eigenvalue weighted by molar-refractivity contribution is 7.10. The Kier molecular flexibility index (Phi) is 3.81. The maximum Gasteiger partial charge on any atom is 0.0561 e. The highest BCUT2D eigenvalue weighted by Crippen LogP contribution is 2.30. The molecule has 15 heavy (non-hydrogen) atoms. The zero-order valence-electron chi connectivity index (χ0n) is 8.15. The molecule has 0 aliphatic carbocycles. The summed E-state index contributed by atoms with van der Waals surface area (Å²) in [5.41, 5.74) is 6.09. The van der Waals surface area contributed by atoms with Gasteiger partial charge in [-0.3, -0.25) is 0 Å². The van der Waals surface area contributed by atoms with Gasteiger partial charge in [0.05, 0.1) is 5.02 Å². The molecule has 80 valence electrons. The van der Waals surface area contributed by atoms with Gasteiger partial charge in [0.2, 0.25) is 0 Å². The fraction of sp³-hybridized carbons (Fsp3) is 0.273. The number of halogens is 1. The summed E-state index contributed by atoms with van der Waals surface area (Å²) in [6.45, 7) is 0. The standard InChI is InChI=1S/C11H12ClNS2/c12-9-5-7-15-11(9)10(13)4-3-8-2-1-6-14-8/h1-2,5-7,10H,3-4,13H2. The van der Waals surface area contributed by atoms with E-state index >= 15 is 0 Å². The van der Waals surface area contributed by atoms with Crippen LogP contribution < -0.4 is 5.73 Å². The first-order chi connectivity index (χ1) is 7.27. The van der Waals surface area contributed by atoms with Gasteiger partial charge in [-0.05, 0) is 35.7 Å². The molecule has 0 aliphatic rings. The first-order valence-electron chi connectivity index (χ1n) is 4.78. The van der Waals surface area contributed by atoms with Crippen LogP contribution in [0, 0.1) is 0 Å². The van der Waals surface area contributed by atoms with Gasteiger partial charge in [-0.2, -0.15) is 0 Å². The Bertz CT molecular complexity index is 408. The second-order valence-corrected chi connectivity index (χ2v) is 5.74. The molecule has 1 unspecified atom stereocenters. The highest BCUT2D eigenvalue weighted by atomic mass is 35.5. The average Bonchev–Trinajstić information content (AvgIpc) is 2.84. The number of thiophene rings is 2. The van der Waals surface area contributed by atoms with Crippen molar-refractivity contribution < 1.29 is 0 Å². The molecule has 0 saturated heterocycles. The molecule has 0 bridgehead atoms. The van der Waals surface area contributed by atoms with Crippen LogP contribution in [-0.4, -0.2) is 0 Å². The van der Waals surface area contributed by atoms with Gasteiger partial charge in [0.25, 0.3) is 0 Å². The van der Waals surface area contributed by atoms with Crippen LogP contribution in [0.15, 0.2) is 29.0 Å². The molecular weight excluding hydrogens is 246 g/mol. The minimum atomic E-state index is 0.0691. The molecule has 0 saturated carbocycles. The minimum absolute atomic E-state index is 0.0691. The molecule has 4 heteroatoms. The number of hydrogen-bond acceptors (Lipinski definition) is 3. The average molecular weight is 258 g/mol. The van der Waals surface area contributed by atoms with Crippen LogP contribution in [0.5, 0.6) is 0 Å². The molecule has 2 aromatic rings. The quantitative estimate of drug-likeness (QED) is 0.877. The Balaban J connectivity index is 1.93. The van der Waals surface area contributed by atoms with Crippen LogP contribution >= 0.6 is 34.3 Å². The van der Waals surface area contributed by atoms with Gasteiger partial charge in [0.15, 0.2) is 0 Å². The lowest BCUT2D eigenvalue weighted by molar-refractivity contribution is 0.666. The van der Waals surface area contributed by atoms with Gasteiger partial charge in [-0.15, -0.1) is 22.7 Å². The zero-order valence-corrected chi connectivity index (χ0v) is 10.5. The first kappa shape index (κ1) is 11.1. The van der Waals surface area contributed by atoms with Crippen molar-refractivity contribution in [2.75, 3.05) is 0 Å². The summed E-state index contributed by atoms with van der Waals surface area (Å²) >= 11 is 9.45. The van der Waals surface area contributed by atoms with Crippen molar-refractivity contribution in [1.29, 1.82) is 0 Å². The topological polar surface area (TPSA) is 26.0 Å². The van der Waals surface area contributed by atoms with Crippen LogP contribution in [0.25, 0.3) is 0 Å². The summed E-state index contributed by atoms with van der Waals surface area (Å²) in [6.07, 6.45) is 1.99. The Morgan fingerprint density at radius 3 is 2.73 bits per heavy atom. The van der Waals surface area contributed by atoms with Crippen molar-refractivity contribution in [3.63, 3.8) is 0 Å². The van der Waals surface area contributed by atoms with Crippen molar-refractivity contribution in [2.45, 2.75) is 18.9 Å². The van der Waals surface area contributed by atoms with Crippen LogP contribution in [0.3, 0.4) is 0 Å². The lowest BCUT2D eigenvalue weighted by atomic mass is 10.1. The van der Waals surface area contributed by atoms with Gasteiger partial charge < -0.3 is 5.73 Å². The molecule has 2 aromatic heterocycles. The predicted octanol–water partition coefficient (Wildman–Crippen LogP) is 4.10. The summed E-state index contributed by atoms with van der Waals surface area (Å²) in [5, 5.41) is 4.89. The summed E-state index contributed by atoms with van der Waals surface area (Å²) in [5.74, 6) is 0. The summed E-state index contributed by atoms with van der Waals surface area (Å²) < 4.78 is 0. The molecule has 2 heterocycles. The Morgan fingerprint density at radius 2 is 2.13 bits per heavy atom. The van der Waals surface area contributed by atoms with E-state index in [0.29, 0.717) is 0 Å². The van der Waals surface area contributed by atoms with Crippen molar-refractivity contribution in [2.24, 2.45) is 5.73 Å². The largest absolute Gasteiger partial charge is 0.323 e. The van der Waals surface area contributed by atoms with E-state index < -0.39 is 0 Å². The number of rotatable bonds is 4. The van der Waals surface area contributed by atoms with E-state index in [1.807, 2.05) is 11.4 Å². The molecule has 2 N–H and O–H groups in total. The van der Waals surface area contributed by atoms with Gasteiger partial charge >= 0.3 is 0 Å². The van der Waals surface area contributed by atoms with Crippen molar-refractivity contribution in [3.05, 3.63) is 43.7 Å². The summed E-state index contributed by atoms with van der Waals surface area (Å²) in [7, 11) is 0. The van der Waals surface area contributed by atoms with E-state index in [2.05, 4.69) is 17.5 Å². The van der Waals surface area contributed by atoms with Crippen LogP contribution in [-0.2, 0) is 6.42 Å². The molecule has 0 radical (unpaired) electrons. The maximum atomic E-state index is 6.09. The first-order valence-corrected chi connectivity index (χ1v) is 6.92. The molecule has 0 spiro atoms. The molecular formula is C11H12ClNS2. The maximum absolute atomic E-state index is 6.09. The molecule has 1 atom stereocenters. The van der Waals surface area contributed by atoms with Gasteiger partial charge in [-0.1, -0.05) is 17.7 Å².